The summed E-state index contributed by atoms with van der Waals surface area (Å²) in [7, 11) is 3.41. The molecular formula is C27H29FN4O4. The Morgan fingerprint density at radius 3 is 2.69 bits per heavy atom. The van der Waals surface area contributed by atoms with E-state index in [2.05, 4.69) is 4.98 Å². The lowest BCUT2D eigenvalue weighted by atomic mass is 10.1. The van der Waals surface area contributed by atoms with Gasteiger partial charge in [0.05, 0.1) is 11.3 Å². The number of likely N-dealkylation sites (N-methyl/N-ethyl adjacent to an activating group) is 1. The number of ether oxygens (including phenoxy) is 1. The zero-order chi connectivity index (χ0) is 25.7. The number of rotatable bonds is 8. The fraction of sp³-hybridized carbons (Fsp3) is 0.296. The van der Waals surface area contributed by atoms with Crippen LogP contribution in [0.25, 0.3) is 0 Å². The summed E-state index contributed by atoms with van der Waals surface area (Å²) in [5.74, 6) is -0.327. The molecule has 2 aromatic carbocycles. The van der Waals surface area contributed by atoms with Crippen molar-refractivity contribution in [2.24, 2.45) is 0 Å². The second-order valence-electron chi connectivity index (χ2n) is 8.80. The van der Waals surface area contributed by atoms with Gasteiger partial charge in [-0.25, -0.2) is 9.18 Å². The predicted molar refractivity (Wildman–Crippen MR) is 134 cm³/mol. The zero-order valence-electron chi connectivity index (χ0n) is 20.3. The summed E-state index contributed by atoms with van der Waals surface area (Å²) in [4.78, 5) is 33.2. The van der Waals surface area contributed by atoms with Crippen LogP contribution in [-0.2, 0) is 6.54 Å². The molecule has 1 N–H and O–H groups in total. The van der Waals surface area contributed by atoms with Gasteiger partial charge in [0.1, 0.15) is 17.7 Å². The largest absolute Gasteiger partial charge is 0.486 e. The molecule has 1 aliphatic rings. The van der Waals surface area contributed by atoms with Crippen LogP contribution in [0.3, 0.4) is 0 Å². The number of anilines is 1. The number of halogens is 1. The standard InChI is InChI=1S/C27H29FN4O4/c1-30-14-15-32(26(33)22-17-29-12-10-24(22)30)18-20-8-9-21(16-23(20)28)36-25(11-13-31(2)27(34)35)19-6-4-3-5-7-19/h3-10,12,16-17,25H,11,13-15,18H2,1-2H3,(H,34,35). The number of hydrogen-bond donors (Lipinski definition) is 1. The van der Waals surface area contributed by atoms with Crippen molar-refractivity contribution in [3.63, 3.8) is 0 Å². The van der Waals surface area contributed by atoms with Gasteiger partial charge in [-0.3, -0.25) is 9.78 Å². The average Bonchev–Trinajstić information content (AvgIpc) is 3.00. The van der Waals surface area contributed by atoms with E-state index < -0.39 is 18.0 Å². The third-order valence-electron chi connectivity index (χ3n) is 6.32. The molecule has 0 fully saturated rings. The van der Waals surface area contributed by atoms with Crippen molar-refractivity contribution in [1.29, 1.82) is 0 Å². The molecule has 1 unspecified atom stereocenters. The second kappa shape index (κ2) is 11.1. The normalized spacial score (nSPS) is 14.1. The van der Waals surface area contributed by atoms with Crippen LogP contribution in [0.15, 0.2) is 67.0 Å². The summed E-state index contributed by atoms with van der Waals surface area (Å²) in [6.45, 7) is 1.46. The Bertz CT molecular complexity index is 1220. The quantitative estimate of drug-likeness (QED) is 0.501. The molecule has 1 atom stereocenters. The lowest BCUT2D eigenvalue weighted by molar-refractivity contribution is 0.0753. The first-order valence-electron chi connectivity index (χ1n) is 11.7. The van der Waals surface area contributed by atoms with Crippen LogP contribution in [0, 0.1) is 5.82 Å². The highest BCUT2D eigenvalue weighted by Gasteiger charge is 2.26. The maximum atomic E-state index is 15.2. The van der Waals surface area contributed by atoms with Crippen molar-refractivity contribution in [2.45, 2.75) is 19.1 Å². The molecule has 0 radical (unpaired) electrons. The van der Waals surface area contributed by atoms with Crippen molar-refractivity contribution in [1.82, 2.24) is 14.8 Å². The van der Waals surface area contributed by atoms with Crippen LogP contribution in [0.4, 0.5) is 14.9 Å². The summed E-state index contributed by atoms with van der Waals surface area (Å²) < 4.78 is 21.3. The van der Waals surface area contributed by atoms with Crippen LogP contribution in [-0.4, -0.2) is 65.6 Å². The molecule has 0 spiro atoms. The van der Waals surface area contributed by atoms with Crippen LogP contribution in [0.5, 0.6) is 5.75 Å². The number of amides is 2. The van der Waals surface area contributed by atoms with E-state index >= 15 is 4.39 Å². The number of pyridine rings is 1. The number of hydrogen-bond acceptors (Lipinski definition) is 5. The van der Waals surface area contributed by atoms with E-state index in [0.29, 0.717) is 36.4 Å². The molecule has 0 saturated heterocycles. The molecule has 9 heteroatoms. The summed E-state index contributed by atoms with van der Waals surface area (Å²) in [6, 6.07) is 15.8. The van der Waals surface area contributed by atoms with E-state index in [1.165, 1.54) is 18.0 Å². The zero-order valence-corrected chi connectivity index (χ0v) is 20.3. The van der Waals surface area contributed by atoms with Crippen molar-refractivity contribution in [3.8, 4) is 5.75 Å². The first kappa shape index (κ1) is 25.0. The predicted octanol–water partition coefficient (Wildman–Crippen LogP) is 4.43. The van der Waals surface area contributed by atoms with Gasteiger partial charge in [0.15, 0.2) is 0 Å². The van der Waals surface area contributed by atoms with Gasteiger partial charge in [-0.2, -0.15) is 0 Å². The van der Waals surface area contributed by atoms with Gasteiger partial charge in [0.25, 0.3) is 5.91 Å². The monoisotopic (exact) mass is 492 g/mol. The van der Waals surface area contributed by atoms with E-state index in [1.54, 1.807) is 35.5 Å². The highest BCUT2D eigenvalue weighted by Crippen LogP contribution is 2.28. The van der Waals surface area contributed by atoms with Crippen LogP contribution >= 0.6 is 0 Å². The highest BCUT2D eigenvalue weighted by atomic mass is 19.1. The summed E-state index contributed by atoms with van der Waals surface area (Å²) in [5, 5.41) is 9.16. The van der Waals surface area contributed by atoms with Gasteiger partial charge in [-0.15, -0.1) is 0 Å². The van der Waals surface area contributed by atoms with Gasteiger partial charge in [-0.05, 0) is 17.7 Å². The minimum absolute atomic E-state index is 0.124. The Morgan fingerprint density at radius 1 is 1.19 bits per heavy atom. The van der Waals surface area contributed by atoms with Crippen LogP contribution in [0.2, 0.25) is 0 Å². The molecule has 0 aliphatic carbocycles. The molecule has 2 amide bonds. The molecule has 1 aliphatic heterocycles. The van der Waals surface area contributed by atoms with E-state index in [4.69, 9.17) is 9.84 Å². The fourth-order valence-corrected chi connectivity index (χ4v) is 4.17. The number of carbonyl (C=O) groups excluding carboxylic acids is 1. The molecule has 3 aromatic rings. The number of benzene rings is 2. The number of nitrogens with zero attached hydrogens (tertiary/aromatic N) is 4. The number of fused-ring (bicyclic) bond motifs is 1. The maximum absolute atomic E-state index is 15.2. The van der Waals surface area contributed by atoms with Gasteiger partial charge in [-0.1, -0.05) is 36.4 Å². The summed E-state index contributed by atoms with van der Waals surface area (Å²) >= 11 is 0. The maximum Gasteiger partial charge on any atom is 0.407 e. The Morgan fingerprint density at radius 2 is 1.97 bits per heavy atom. The molecule has 188 valence electrons. The first-order valence-corrected chi connectivity index (χ1v) is 11.7. The smallest absolute Gasteiger partial charge is 0.407 e. The average molecular weight is 493 g/mol. The minimum atomic E-state index is -1.02. The Hall–Kier alpha value is -4.14. The molecule has 1 aromatic heterocycles. The minimum Gasteiger partial charge on any atom is -0.486 e. The third-order valence-corrected chi connectivity index (χ3v) is 6.32. The number of carboxylic acid groups (broad SMARTS) is 1. The first-order chi connectivity index (χ1) is 17.3. The fourth-order valence-electron chi connectivity index (χ4n) is 4.17. The molecule has 36 heavy (non-hydrogen) atoms. The molecule has 2 heterocycles. The Labute approximate surface area is 209 Å². The van der Waals surface area contributed by atoms with Gasteiger partial charge in [0, 0.05) is 70.7 Å². The van der Waals surface area contributed by atoms with Crippen LogP contribution < -0.4 is 9.64 Å². The van der Waals surface area contributed by atoms with Crippen molar-refractivity contribution in [2.75, 3.05) is 38.6 Å². The topological polar surface area (TPSA) is 86.2 Å². The Kier molecular flexibility index (Phi) is 7.68. The van der Waals surface area contributed by atoms with Gasteiger partial charge < -0.3 is 24.5 Å². The summed E-state index contributed by atoms with van der Waals surface area (Å²) in [6.07, 6.45) is 2.12. The highest BCUT2D eigenvalue weighted by molar-refractivity contribution is 6.00. The van der Waals surface area contributed by atoms with Crippen molar-refractivity contribution >= 4 is 17.7 Å². The lowest BCUT2D eigenvalue weighted by Crippen LogP contribution is -2.33. The Balaban J connectivity index is 1.49. The third kappa shape index (κ3) is 5.73. The number of carbonyl (C=O) groups is 2. The van der Waals surface area contributed by atoms with Gasteiger partial charge in [0.2, 0.25) is 0 Å². The number of aromatic nitrogens is 1. The lowest BCUT2D eigenvalue weighted by Gasteiger charge is -2.23. The van der Waals surface area contributed by atoms with E-state index in [9.17, 15) is 9.59 Å². The van der Waals surface area contributed by atoms with E-state index in [-0.39, 0.29) is 19.0 Å². The van der Waals surface area contributed by atoms with Crippen molar-refractivity contribution < 1.29 is 23.8 Å². The van der Waals surface area contributed by atoms with Gasteiger partial charge >= 0.3 is 6.09 Å². The SMILES string of the molecule is CN(CCC(Oc1ccc(CN2CCN(C)c3ccncc3C2=O)c(F)c1)c1ccccc1)C(=O)O. The van der Waals surface area contributed by atoms with E-state index in [0.717, 1.165) is 11.3 Å². The molecular weight excluding hydrogens is 463 g/mol. The summed E-state index contributed by atoms with van der Waals surface area (Å²) in [5.41, 5.74) is 2.55. The second-order valence-corrected chi connectivity index (χ2v) is 8.80. The van der Waals surface area contributed by atoms with Crippen LogP contribution in [0.1, 0.15) is 34.0 Å². The molecule has 0 bridgehead atoms. The molecule has 8 nitrogen and oxygen atoms in total. The van der Waals surface area contributed by atoms with E-state index in [1.807, 2.05) is 42.3 Å². The molecule has 0 saturated carbocycles. The van der Waals surface area contributed by atoms with Crippen molar-refractivity contribution in [3.05, 3.63) is 89.5 Å². The molecule has 4 rings (SSSR count).